The Morgan fingerprint density at radius 1 is 1.32 bits per heavy atom. The lowest BCUT2D eigenvalue weighted by Gasteiger charge is -2.09. The first-order valence-electron chi connectivity index (χ1n) is 8.10. The van der Waals surface area contributed by atoms with Crippen molar-refractivity contribution < 1.29 is 13.9 Å². The number of amides is 1. The zero-order valence-corrected chi connectivity index (χ0v) is 12.9. The van der Waals surface area contributed by atoms with Gasteiger partial charge in [-0.15, -0.1) is 0 Å². The van der Waals surface area contributed by atoms with Crippen molar-refractivity contribution in [2.45, 2.75) is 32.1 Å². The fourth-order valence-corrected chi connectivity index (χ4v) is 2.56. The summed E-state index contributed by atoms with van der Waals surface area (Å²) < 4.78 is 18.2. The molecule has 2 N–H and O–H groups in total. The molecule has 0 radical (unpaired) electrons. The lowest BCUT2D eigenvalue weighted by Crippen LogP contribution is -2.25. The molecule has 0 aromatic heterocycles. The SMILES string of the molecule is O=C(CCC1CCNC1)NCCCCOc1ccc(F)cc1. The number of carbonyl (C=O) groups excluding carboxylic acids is 1. The molecule has 1 aromatic carbocycles. The molecule has 1 fully saturated rings. The molecule has 1 amide bonds. The van der Waals surface area contributed by atoms with Gasteiger partial charge in [-0.05, 0) is 69.0 Å². The lowest BCUT2D eigenvalue weighted by atomic mass is 10.0. The molecule has 1 aliphatic heterocycles. The second kappa shape index (κ2) is 9.41. The average Bonchev–Trinajstić information content (AvgIpc) is 3.04. The summed E-state index contributed by atoms with van der Waals surface area (Å²) in [6, 6.07) is 6.01. The standard InChI is InChI=1S/C17H25FN2O2/c18-15-4-6-16(7-5-15)22-12-2-1-10-20-17(21)8-3-14-9-11-19-13-14/h4-7,14,19H,1-3,8-13H2,(H,20,21). The van der Waals surface area contributed by atoms with Crippen LogP contribution in [0.4, 0.5) is 4.39 Å². The second-order valence-electron chi connectivity index (χ2n) is 5.76. The Balaban J connectivity index is 1.44. The summed E-state index contributed by atoms with van der Waals surface area (Å²) in [5.74, 6) is 1.22. The second-order valence-corrected chi connectivity index (χ2v) is 5.76. The highest BCUT2D eigenvalue weighted by atomic mass is 19.1. The van der Waals surface area contributed by atoms with Crippen molar-refractivity contribution in [3.05, 3.63) is 30.1 Å². The van der Waals surface area contributed by atoms with Crippen LogP contribution in [0.15, 0.2) is 24.3 Å². The van der Waals surface area contributed by atoms with Gasteiger partial charge in [0, 0.05) is 13.0 Å². The van der Waals surface area contributed by atoms with Crippen LogP contribution in [0, 0.1) is 11.7 Å². The van der Waals surface area contributed by atoms with Gasteiger partial charge in [-0.3, -0.25) is 4.79 Å². The van der Waals surface area contributed by atoms with Gasteiger partial charge >= 0.3 is 0 Å². The molecule has 1 aromatic rings. The molecule has 1 heterocycles. The quantitative estimate of drug-likeness (QED) is 0.689. The number of nitrogens with one attached hydrogen (secondary N) is 2. The molecule has 122 valence electrons. The van der Waals surface area contributed by atoms with Crippen LogP contribution in [0.2, 0.25) is 0 Å². The van der Waals surface area contributed by atoms with E-state index in [1.54, 1.807) is 12.1 Å². The summed E-state index contributed by atoms with van der Waals surface area (Å²) in [5.41, 5.74) is 0. The number of ether oxygens (including phenoxy) is 1. The normalized spacial score (nSPS) is 17.4. The zero-order valence-electron chi connectivity index (χ0n) is 12.9. The maximum Gasteiger partial charge on any atom is 0.220 e. The van der Waals surface area contributed by atoms with E-state index in [4.69, 9.17) is 4.74 Å². The smallest absolute Gasteiger partial charge is 0.220 e. The van der Waals surface area contributed by atoms with Crippen molar-refractivity contribution in [1.82, 2.24) is 10.6 Å². The summed E-state index contributed by atoms with van der Waals surface area (Å²) in [5, 5.41) is 6.26. The molecular formula is C17H25FN2O2. The summed E-state index contributed by atoms with van der Waals surface area (Å²) in [7, 11) is 0. The van der Waals surface area contributed by atoms with Gasteiger partial charge in [-0.1, -0.05) is 0 Å². The summed E-state index contributed by atoms with van der Waals surface area (Å²) >= 11 is 0. The van der Waals surface area contributed by atoms with E-state index >= 15 is 0 Å². The van der Waals surface area contributed by atoms with E-state index < -0.39 is 0 Å². The van der Waals surface area contributed by atoms with Crippen LogP contribution in [0.5, 0.6) is 5.75 Å². The van der Waals surface area contributed by atoms with E-state index in [1.165, 1.54) is 18.6 Å². The maximum absolute atomic E-state index is 12.7. The maximum atomic E-state index is 12.7. The minimum atomic E-state index is -0.261. The number of rotatable bonds is 9. The van der Waals surface area contributed by atoms with E-state index in [9.17, 15) is 9.18 Å². The molecule has 0 saturated carbocycles. The van der Waals surface area contributed by atoms with Gasteiger partial charge in [-0.25, -0.2) is 4.39 Å². The highest BCUT2D eigenvalue weighted by molar-refractivity contribution is 5.75. The third kappa shape index (κ3) is 6.43. The summed E-state index contributed by atoms with van der Waals surface area (Å²) in [4.78, 5) is 11.7. The largest absolute Gasteiger partial charge is 0.494 e. The Morgan fingerprint density at radius 3 is 2.86 bits per heavy atom. The van der Waals surface area contributed by atoms with E-state index in [1.807, 2.05) is 0 Å². The van der Waals surface area contributed by atoms with Crippen molar-refractivity contribution in [2.75, 3.05) is 26.2 Å². The molecule has 0 spiro atoms. The number of carbonyl (C=O) groups is 1. The summed E-state index contributed by atoms with van der Waals surface area (Å²) in [6.07, 6.45) is 4.54. The van der Waals surface area contributed by atoms with Gasteiger partial charge < -0.3 is 15.4 Å². The molecule has 22 heavy (non-hydrogen) atoms. The van der Waals surface area contributed by atoms with E-state index in [-0.39, 0.29) is 11.7 Å². The molecule has 0 aliphatic carbocycles. The molecule has 1 saturated heterocycles. The van der Waals surface area contributed by atoms with Gasteiger partial charge in [0.05, 0.1) is 6.61 Å². The first-order valence-corrected chi connectivity index (χ1v) is 8.10. The molecule has 1 unspecified atom stereocenters. The van der Waals surface area contributed by atoms with Crippen LogP contribution in [-0.2, 0) is 4.79 Å². The minimum absolute atomic E-state index is 0.145. The molecule has 1 aliphatic rings. The molecular weight excluding hydrogens is 283 g/mol. The Labute approximate surface area is 131 Å². The number of unbranched alkanes of at least 4 members (excludes halogenated alkanes) is 1. The van der Waals surface area contributed by atoms with E-state index in [2.05, 4.69) is 10.6 Å². The van der Waals surface area contributed by atoms with Crippen molar-refractivity contribution in [1.29, 1.82) is 0 Å². The van der Waals surface area contributed by atoms with E-state index in [0.717, 1.165) is 32.4 Å². The topological polar surface area (TPSA) is 50.4 Å². The van der Waals surface area contributed by atoms with Gasteiger partial charge in [-0.2, -0.15) is 0 Å². The van der Waals surface area contributed by atoms with Crippen molar-refractivity contribution >= 4 is 5.91 Å². The number of benzene rings is 1. The van der Waals surface area contributed by atoms with Gasteiger partial charge in [0.25, 0.3) is 0 Å². The first kappa shape index (κ1) is 16.7. The fourth-order valence-electron chi connectivity index (χ4n) is 2.56. The number of halogens is 1. The predicted octanol–water partition coefficient (Wildman–Crippen LogP) is 2.49. The third-order valence-corrected chi connectivity index (χ3v) is 3.92. The highest BCUT2D eigenvalue weighted by Gasteiger charge is 2.15. The minimum Gasteiger partial charge on any atom is -0.494 e. The Hall–Kier alpha value is -1.62. The molecule has 0 bridgehead atoms. The molecule has 2 rings (SSSR count). The first-order chi connectivity index (χ1) is 10.7. The molecule has 4 nitrogen and oxygen atoms in total. The van der Waals surface area contributed by atoms with E-state index in [0.29, 0.717) is 31.2 Å². The molecule has 5 heteroatoms. The third-order valence-electron chi connectivity index (χ3n) is 3.92. The highest BCUT2D eigenvalue weighted by Crippen LogP contribution is 2.14. The Kier molecular flexibility index (Phi) is 7.16. The van der Waals surface area contributed by atoms with Crippen molar-refractivity contribution in [2.24, 2.45) is 5.92 Å². The van der Waals surface area contributed by atoms with Gasteiger partial charge in [0.15, 0.2) is 0 Å². The number of hydrogen-bond acceptors (Lipinski definition) is 3. The van der Waals surface area contributed by atoms with Crippen LogP contribution in [0.1, 0.15) is 32.1 Å². The molecule has 1 atom stereocenters. The van der Waals surface area contributed by atoms with Gasteiger partial charge in [0.2, 0.25) is 5.91 Å². The predicted molar refractivity (Wildman–Crippen MR) is 84.3 cm³/mol. The summed E-state index contributed by atoms with van der Waals surface area (Å²) in [6.45, 7) is 3.40. The van der Waals surface area contributed by atoms with Crippen molar-refractivity contribution in [3.63, 3.8) is 0 Å². The van der Waals surface area contributed by atoms with Crippen LogP contribution in [0.3, 0.4) is 0 Å². The van der Waals surface area contributed by atoms with Crippen LogP contribution < -0.4 is 15.4 Å². The van der Waals surface area contributed by atoms with Crippen LogP contribution >= 0.6 is 0 Å². The van der Waals surface area contributed by atoms with Crippen LogP contribution in [0.25, 0.3) is 0 Å². The Morgan fingerprint density at radius 2 is 2.14 bits per heavy atom. The Bertz CT molecular complexity index is 444. The average molecular weight is 308 g/mol. The zero-order chi connectivity index (χ0) is 15.6. The van der Waals surface area contributed by atoms with Gasteiger partial charge in [0.1, 0.15) is 11.6 Å². The lowest BCUT2D eigenvalue weighted by molar-refractivity contribution is -0.121. The monoisotopic (exact) mass is 308 g/mol. The van der Waals surface area contributed by atoms with Crippen LogP contribution in [-0.4, -0.2) is 32.1 Å². The fraction of sp³-hybridized carbons (Fsp3) is 0.588. The number of hydrogen-bond donors (Lipinski definition) is 2. The van der Waals surface area contributed by atoms with Crippen molar-refractivity contribution in [3.8, 4) is 5.75 Å².